The maximum atomic E-state index is 12.7. The summed E-state index contributed by atoms with van der Waals surface area (Å²) in [5.74, 6) is 0.437. The number of hydrogen-bond acceptors (Lipinski definition) is 6. The first-order valence-electron chi connectivity index (χ1n) is 10.4. The predicted octanol–water partition coefficient (Wildman–Crippen LogP) is 6.34. The maximum absolute atomic E-state index is 12.7. The molecule has 2 N–H and O–H groups in total. The second-order valence-corrected chi connectivity index (χ2v) is 9.49. The van der Waals surface area contributed by atoms with Gasteiger partial charge >= 0.3 is 0 Å². The smallest absolute Gasteiger partial charge is 0.283 e. The summed E-state index contributed by atoms with van der Waals surface area (Å²) in [6, 6.07) is 17.4. The van der Waals surface area contributed by atoms with Crippen LogP contribution in [0.4, 0.5) is 5.69 Å². The molecule has 0 aliphatic carbocycles. The van der Waals surface area contributed by atoms with Crippen molar-refractivity contribution in [1.29, 1.82) is 0 Å². The van der Waals surface area contributed by atoms with Gasteiger partial charge in [-0.3, -0.25) is 9.59 Å². The Hall–Kier alpha value is -3.59. The molecule has 0 saturated heterocycles. The molecule has 1 aromatic heterocycles. The fourth-order valence-electron chi connectivity index (χ4n) is 3.50. The molecule has 1 aliphatic heterocycles. The van der Waals surface area contributed by atoms with Gasteiger partial charge in [0.2, 0.25) is 6.79 Å². The minimum Gasteiger partial charge on any atom is -0.454 e. The molecule has 0 bridgehead atoms. The number of carbonyl (C=O) groups excluding carboxylic acids is 2. The molecule has 0 saturated carbocycles. The van der Waals surface area contributed by atoms with Crippen molar-refractivity contribution in [3.05, 3.63) is 86.7 Å². The van der Waals surface area contributed by atoms with Crippen LogP contribution in [0.15, 0.2) is 65.8 Å². The number of halogens is 2. The van der Waals surface area contributed by atoms with Crippen LogP contribution in [-0.2, 0) is 0 Å². The Morgan fingerprint density at radius 1 is 0.943 bits per heavy atom. The van der Waals surface area contributed by atoms with Gasteiger partial charge in [0.05, 0.1) is 10.7 Å². The normalized spacial score (nSPS) is 12.6. The summed E-state index contributed by atoms with van der Waals surface area (Å²) in [6.07, 6.45) is 0. The summed E-state index contributed by atoms with van der Waals surface area (Å²) in [7, 11) is 0. The van der Waals surface area contributed by atoms with Gasteiger partial charge in [0.1, 0.15) is 4.88 Å². The third kappa shape index (κ3) is 4.81. The van der Waals surface area contributed by atoms with Crippen molar-refractivity contribution < 1.29 is 19.1 Å². The van der Waals surface area contributed by atoms with E-state index in [4.69, 9.17) is 32.7 Å². The van der Waals surface area contributed by atoms with Crippen LogP contribution in [0.5, 0.6) is 11.5 Å². The predicted molar refractivity (Wildman–Crippen MR) is 138 cm³/mol. The molecule has 7 nitrogen and oxygen atoms in total. The van der Waals surface area contributed by atoms with Gasteiger partial charge < -0.3 is 14.8 Å². The minimum atomic E-state index is -0.418. The zero-order valence-electron chi connectivity index (χ0n) is 18.2. The molecule has 35 heavy (non-hydrogen) atoms. The lowest BCUT2D eigenvalue weighted by atomic mass is 10.1. The maximum Gasteiger partial charge on any atom is 0.283 e. The van der Waals surface area contributed by atoms with Crippen molar-refractivity contribution in [1.82, 2.24) is 5.43 Å². The van der Waals surface area contributed by atoms with Crippen LogP contribution < -0.4 is 20.2 Å². The molecule has 0 radical (unpaired) electrons. The molecule has 176 valence electrons. The van der Waals surface area contributed by atoms with Crippen LogP contribution in [0.1, 0.15) is 32.5 Å². The number of hydrogen-bond donors (Lipinski definition) is 2. The summed E-state index contributed by atoms with van der Waals surface area (Å²) < 4.78 is 11.4. The lowest BCUT2D eigenvalue weighted by Gasteiger charge is -2.08. The molecule has 0 unspecified atom stereocenters. The van der Waals surface area contributed by atoms with Gasteiger partial charge in [-0.25, -0.2) is 5.43 Å². The number of fused-ring (bicyclic) bond motifs is 2. The summed E-state index contributed by atoms with van der Waals surface area (Å²) in [4.78, 5) is 25.7. The standard InChI is InChI=1S/C25H17Cl2N3O4S/c1-13(29-30-25(32)23-22(27)18-7-6-16(26)11-21(18)35-23)14-3-2-4-17(9-14)28-24(31)15-5-8-19-20(10-15)34-12-33-19/h2-11H,12H2,1H3,(H,28,31)(H,30,32)/b29-13-. The van der Waals surface area contributed by atoms with Gasteiger partial charge in [-0.2, -0.15) is 5.10 Å². The van der Waals surface area contributed by atoms with E-state index in [0.29, 0.717) is 43.4 Å². The van der Waals surface area contributed by atoms with Crippen LogP contribution in [-0.4, -0.2) is 24.3 Å². The number of hydrazone groups is 1. The largest absolute Gasteiger partial charge is 0.454 e. The molecule has 0 fully saturated rings. The average molecular weight is 526 g/mol. The SMILES string of the molecule is C/C(=N/NC(=O)c1sc2cc(Cl)ccc2c1Cl)c1cccc(NC(=O)c2ccc3c(c2)OCO3)c1. The highest BCUT2D eigenvalue weighted by molar-refractivity contribution is 7.21. The number of nitrogens with zero attached hydrogens (tertiary/aromatic N) is 1. The topological polar surface area (TPSA) is 89.0 Å². The average Bonchev–Trinajstić information content (AvgIpc) is 3.46. The molecular formula is C25H17Cl2N3O4S. The highest BCUT2D eigenvalue weighted by Gasteiger charge is 2.18. The van der Waals surface area contributed by atoms with E-state index in [0.717, 1.165) is 15.6 Å². The fraction of sp³-hybridized carbons (Fsp3) is 0.0800. The molecule has 5 rings (SSSR count). The van der Waals surface area contributed by atoms with E-state index in [-0.39, 0.29) is 12.7 Å². The van der Waals surface area contributed by atoms with Crippen molar-refractivity contribution in [2.45, 2.75) is 6.92 Å². The van der Waals surface area contributed by atoms with E-state index in [9.17, 15) is 9.59 Å². The van der Waals surface area contributed by atoms with Gasteiger partial charge in [-0.15, -0.1) is 11.3 Å². The second-order valence-electron chi connectivity index (χ2n) is 7.63. The van der Waals surface area contributed by atoms with Gasteiger partial charge in [0.25, 0.3) is 11.8 Å². The fourth-order valence-corrected chi connectivity index (χ4v) is 5.18. The Labute approximate surface area is 214 Å². The highest BCUT2D eigenvalue weighted by Crippen LogP contribution is 2.36. The van der Waals surface area contributed by atoms with E-state index in [1.807, 2.05) is 6.07 Å². The number of amides is 2. The monoisotopic (exact) mass is 525 g/mol. The van der Waals surface area contributed by atoms with Gasteiger partial charge in [0.15, 0.2) is 11.5 Å². The molecule has 10 heteroatoms. The molecular weight excluding hydrogens is 509 g/mol. The summed E-state index contributed by atoms with van der Waals surface area (Å²) in [6.45, 7) is 1.90. The van der Waals surface area contributed by atoms with Crippen LogP contribution >= 0.6 is 34.5 Å². The third-order valence-corrected chi connectivity index (χ3v) is 7.19. The van der Waals surface area contributed by atoms with Crippen molar-refractivity contribution in [3.8, 4) is 11.5 Å². The summed E-state index contributed by atoms with van der Waals surface area (Å²) >= 11 is 13.7. The van der Waals surface area contributed by atoms with E-state index < -0.39 is 5.91 Å². The second kappa shape index (κ2) is 9.58. The number of thiophene rings is 1. The zero-order valence-corrected chi connectivity index (χ0v) is 20.6. The lowest BCUT2D eigenvalue weighted by molar-refractivity contribution is 0.0958. The molecule has 2 heterocycles. The quantitative estimate of drug-likeness (QED) is 0.235. The van der Waals surface area contributed by atoms with E-state index >= 15 is 0 Å². The minimum absolute atomic E-state index is 0.140. The van der Waals surface area contributed by atoms with Crippen LogP contribution in [0.2, 0.25) is 10.0 Å². The Balaban J connectivity index is 1.29. The van der Waals surface area contributed by atoms with Crippen molar-refractivity contribution in [2.75, 3.05) is 12.1 Å². The van der Waals surface area contributed by atoms with Crippen LogP contribution in [0, 0.1) is 0 Å². The molecule has 1 aliphatic rings. The van der Waals surface area contributed by atoms with Gasteiger partial charge in [-0.1, -0.05) is 41.4 Å². The van der Waals surface area contributed by atoms with Crippen LogP contribution in [0.3, 0.4) is 0 Å². The highest BCUT2D eigenvalue weighted by atomic mass is 35.5. The number of nitrogens with one attached hydrogen (secondary N) is 2. The first-order valence-corrected chi connectivity index (χ1v) is 12.0. The Morgan fingerprint density at radius 2 is 1.77 bits per heavy atom. The van der Waals surface area contributed by atoms with Crippen molar-refractivity contribution in [2.24, 2.45) is 5.10 Å². The molecule has 0 atom stereocenters. The number of rotatable bonds is 5. The number of carbonyl (C=O) groups is 2. The first kappa shape index (κ1) is 23.2. The summed E-state index contributed by atoms with van der Waals surface area (Å²) in [5.41, 5.74) is 4.85. The van der Waals surface area contributed by atoms with Crippen molar-refractivity contribution >= 4 is 67.8 Å². The summed E-state index contributed by atoms with van der Waals surface area (Å²) in [5, 5.41) is 8.77. The lowest BCUT2D eigenvalue weighted by Crippen LogP contribution is -2.18. The molecule has 0 spiro atoms. The van der Waals surface area contributed by atoms with Gasteiger partial charge in [-0.05, 0) is 55.0 Å². The van der Waals surface area contributed by atoms with Crippen molar-refractivity contribution in [3.63, 3.8) is 0 Å². The zero-order chi connectivity index (χ0) is 24.5. The van der Waals surface area contributed by atoms with E-state index in [2.05, 4.69) is 15.8 Å². The van der Waals surface area contributed by atoms with E-state index in [1.54, 1.807) is 61.5 Å². The molecule has 3 aromatic carbocycles. The molecule has 2 amide bonds. The van der Waals surface area contributed by atoms with Gasteiger partial charge in [0, 0.05) is 26.4 Å². The Morgan fingerprint density at radius 3 is 2.63 bits per heavy atom. The number of ether oxygens (including phenoxy) is 2. The first-order chi connectivity index (χ1) is 16.9. The third-order valence-electron chi connectivity index (χ3n) is 5.30. The van der Waals surface area contributed by atoms with E-state index in [1.165, 1.54) is 11.3 Å². The number of anilines is 1. The Bertz CT molecular complexity index is 1520. The Kier molecular flexibility index (Phi) is 6.34. The molecule has 4 aromatic rings. The number of benzene rings is 3. The van der Waals surface area contributed by atoms with Crippen LogP contribution in [0.25, 0.3) is 10.1 Å².